The molecule has 174 valence electrons. The summed E-state index contributed by atoms with van der Waals surface area (Å²) in [4.78, 5) is 28.8. The number of imidazole rings is 1. The van der Waals surface area contributed by atoms with Gasteiger partial charge in [0.15, 0.2) is 0 Å². The summed E-state index contributed by atoms with van der Waals surface area (Å²) in [5, 5.41) is 3.12. The highest BCUT2D eigenvalue weighted by atomic mass is 16.1. The molecule has 0 bridgehead atoms. The third-order valence-corrected chi connectivity index (χ3v) is 6.20. The second-order valence-corrected chi connectivity index (χ2v) is 9.06. The molecule has 1 saturated heterocycles. The Kier molecular flexibility index (Phi) is 7.70. The standard InChI is InChI=1S/C26H34N6O/c1-20(2)23-18-24(30-26(29-23)31-16-14-27-19-31)32-15-7-6-12-22(32)17-25(33)28-13-8-11-21-9-4-3-5-10-21/h3-5,9-10,14,16,18-20,22H,6-8,11-13,15,17H2,1-2H3,(H,28,33). The lowest BCUT2D eigenvalue weighted by Crippen LogP contribution is -2.43. The molecule has 1 aromatic carbocycles. The van der Waals surface area contributed by atoms with E-state index < -0.39 is 0 Å². The van der Waals surface area contributed by atoms with Crippen LogP contribution in [0.1, 0.15) is 63.1 Å². The second kappa shape index (κ2) is 11.1. The van der Waals surface area contributed by atoms with Crippen molar-refractivity contribution in [2.45, 2.75) is 64.3 Å². The molecule has 0 saturated carbocycles. The number of piperidine rings is 1. The largest absolute Gasteiger partial charge is 0.356 e. The maximum Gasteiger partial charge on any atom is 0.237 e. The van der Waals surface area contributed by atoms with Crippen LogP contribution in [0.15, 0.2) is 55.1 Å². The van der Waals surface area contributed by atoms with Gasteiger partial charge in [-0.05, 0) is 43.6 Å². The number of rotatable bonds is 9. The van der Waals surface area contributed by atoms with Crippen LogP contribution in [0, 0.1) is 0 Å². The van der Waals surface area contributed by atoms with E-state index in [1.165, 1.54) is 5.56 Å². The molecule has 7 heteroatoms. The Labute approximate surface area is 196 Å². The third-order valence-electron chi connectivity index (χ3n) is 6.20. The minimum atomic E-state index is 0.118. The minimum absolute atomic E-state index is 0.118. The number of carbonyl (C=O) groups excluding carboxylic acids is 1. The number of hydrogen-bond donors (Lipinski definition) is 1. The van der Waals surface area contributed by atoms with Gasteiger partial charge < -0.3 is 10.2 Å². The SMILES string of the molecule is CC(C)c1cc(N2CCCCC2CC(=O)NCCCc2ccccc2)nc(-n2ccnc2)n1. The van der Waals surface area contributed by atoms with Gasteiger partial charge in [0, 0.05) is 44.0 Å². The summed E-state index contributed by atoms with van der Waals surface area (Å²) in [5.74, 6) is 1.93. The summed E-state index contributed by atoms with van der Waals surface area (Å²) < 4.78 is 1.84. The van der Waals surface area contributed by atoms with Gasteiger partial charge in [-0.2, -0.15) is 4.98 Å². The maximum atomic E-state index is 12.7. The molecule has 1 unspecified atom stereocenters. The average Bonchev–Trinajstić information content (AvgIpc) is 3.38. The molecular weight excluding hydrogens is 412 g/mol. The molecule has 7 nitrogen and oxygen atoms in total. The summed E-state index contributed by atoms with van der Waals surface area (Å²) in [6, 6.07) is 12.6. The normalized spacial score (nSPS) is 16.2. The summed E-state index contributed by atoms with van der Waals surface area (Å²) in [6.45, 7) is 5.89. The highest BCUT2D eigenvalue weighted by molar-refractivity contribution is 5.77. The van der Waals surface area contributed by atoms with Crippen molar-refractivity contribution < 1.29 is 4.79 Å². The lowest BCUT2D eigenvalue weighted by atomic mass is 9.98. The van der Waals surface area contributed by atoms with Gasteiger partial charge in [-0.3, -0.25) is 9.36 Å². The van der Waals surface area contributed by atoms with Crippen molar-refractivity contribution in [1.82, 2.24) is 24.8 Å². The monoisotopic (exact) mass is 446 g/mol. The van der Waals surface area contributed by atoms with E-state index in [-0.39, 0.29) is 17.9 Å². The van der Waals surface area contributed by atoms with Gasteiger partial charge in [0.05, 0.1) is 5.69 Å². The molecule has 0 spiro atoms. The highest BCUT2D eigenvalue weighted by Gasteiger charge is 2.27. The molecule has 4 rings (SSSR count). The van der Waals surface area contributed by atoms with Gasteiger partial charge in [0.25, 0.3) is 0 Å². The lowest BCUT2D eigenvalue weighted by Gasteiger charge is -2.36. The number of aryl methyl sites for hydroxylation is 1. The van der Waals surface area contributed by atoms with Crippen LogP contribution in [0.5, 0.6) is 0 Å². The highest BCUT2D eigenvalue weighted by Crippen LogP contribution is 2.28. The molecule has 0 radical (unpaired) electrons. The molecule has 2 aromatic heterocycles. The number of aromatic nitrogens is 4. The number of nitrogens with zero attached hydrogens (tertiary/aromatic N) is 5. The lowest BCUT2D eigenvalue weighted by molar-refractivity contribution is -0.121. The average molecular weight is 447 g/mol. The van der Waals surface area contributed by atoms with E-state index in [0.29, 0.717) is 18.9 Å². The Bertz CT molecular complexity index is 1020. The molecule has 3 heterocycles. The summed E-state index contributed by atoms with van der Waals surface area (Å²) in [7, 11) is 0. The number of anilines is 1. The predicted molar refractivity (Wildman–Crippen MR) is 131 cm³/mol. The number of carbonyl (C=O) groups is 1. The van der Waals surface area contributed by atoms with E-state index in [9.17, 15) is 4.79 Å². The number of amides is 1. The van der Waals surface area contributed by atoms with Crippen molar-refractivity contribution in [1.29, 1.82) is 0 Å². The number of hydrogen-bond acceptors (Lipinski definition) is 5. The van der Waals surface area contributed by atoms with Crippen LogP contribution in [0.2, 0.25) is 0 Å². The Morgan fingerprint density at radius 2 is 2.03 bits per heavy atom. The van der Waals surface area contributed by atoms with E-state index >= 15 is 0 Å². The molecule has 0 aliphatic carbocycles. The van der Waals surface area contributed by atoms with Crippen molar-refractivity contribution in [2.24, 2.45) is 0 Å². The molecule has 1 N–H and O–H groups in total. The zero-order chi connectivity index (χ0) is 23.0. The van der Waals surface area contributed by atoms with Gasteiger partial charge in [-0.1, -0.05) is 44.2 Å². The Hall–Kier alpha value is -3.22. The zero-order valence-corrected chi connectivity index (χ0v) is 19.7. The molecule has 3 aromatic rings. The number of nitrogens with one attached hydrogen (secondary N) is 1. The van der Waals surface area contributed by atoms with Crippen LogP contribution >= 0.6 is 0 Å². The maximum absolute atomic E-state index is 12.7. The fourth-order valence-corrected chi connectivity index (χ4v) is 4.34. The number of benzene rings is 1. The van der Waals surface area contributed by atoms with Crippen molar-refractivity contribution in [3.63, 3.8) is 0 Å². The molecule has 33 heavy (non-hydrogen) atoms. The summed E-state index contributed by atoms with van der Waals surface area (Å²) in [5.41, 5.74) is 2.31. The van der Waals surface area contributed by atoms with Crippen LogP contribution in [-0.4, -0.2) is 44.6 Å². The van der Waals surface area contributed by atoms with Crippen LogP contribution in [0.4, 0.5) is 5.82 Å². The minimum Gasteiger partial charge on any atom is -0.356 e. The van der Waals surface area contributed by atoms with E-state index in [4.69, 9.17) is 9.97 Å². The Morgan fingerprint density at radius 3 is 2.79 bits per heavy atom. The van der Waals surface area contributed by atoms with E-state index in [2.05, 4.69) is 59.4 Å². The molecule has 1 aliphatic heterocycles. The quantitative estimate of drug-likeness (QED) is 0.497. The molecule has 1 atom stereocenters. The van der Waals surface area contributed by atoms with Crippen molar-refractivity contribution in [3.8, 4) is 5.95 Å². The smallest absolute Gasteiger partial charge is 0.237 e. The van der Waals surface area contributed by atoms with Crippen LogP contribution in [0.25, 0.3) is 5.95 Å². The fourth-order valence-electron chi connectivity index (χ4n) is 4.34. The summed E-state index contributed by atoms with van der Waals surface area (Å²) >= 11 is 0. The van der Waals surface area contributed by atoms with Crippen LogP contribution in [-0.2, 0) is 11.2 Å². The van der Waals surface area contributed by atoms with Crippen LogP contribution < -0.4 is 10.2 Å². The van der Waals surface area contributed by atoms with Gasteiger partial charge in [-0.25, -0.2) is 9.97 Å². The second-order valence-electron chi connectivity index (χ2n) is 9.06. The first-order chi connectivity index (χ1) is 16.1. The Balaban J connectivity index is 1.41. The van der Waals surface area contributed by atoms with Crippen molar-refractivity contribution in [3.05, 3.63) is 66.4 Å². The van der Waals surface area contributed by atoms with Crippen LogP contribution in [0.3, 0.4) is 0 Å². The van der Waals surface area contributed by atoms with Gasteiger partial charge in [-0.15, -0.1) is 0 Å². The van der Waals surface area contributed by atoms with Gasteiger partial charge >= 0.3 is 0 Å². The molecule has 1 amide bonds. The zero-order valence-electron chi connectivity index (χ0n) is 19.7. The van der Waals surface area contributed by atoms with Gasteiger partial charge in [0.1, 0.15) is 12.1 Å². The summed E-state index contributed by atoms with van der Waals surface area (Å²) in [6.07, 6.45) is 11.0. The van der Waals surface area contributed by atoms with E-state index in [1.807, 2.05) is 16.8 Å². The first-order valence-corrected chi connectivity index (χ1v) is 12.0. The first-order valence-electron chi connectivity index (χ1n) is 12.0. The molecule has 1 aliphatic rings. The van der Waals surface area contributed by atoms with E-state index in [0.717, 1.165) is 50.2 Å². The molecule has 1 fully saturated rings. The molecular formula is C26H34N6O. The van der Waals surface area contributed by atoms with Crippen molar-refractivity contribution >= 4 is 11.7 Å². The van der Waals surface area contributed by atoms with E-state index in [1.54, 1.807) is 12.5 Å². The van der Waals surface area contributed by atoms with Crippen molar-refractivity contribution in [2.75, 3.05) is 18.0 Å². The topological polar surface area (TPSA) is 75.9 Å². The third kappa shape index (κ3) is 6.18. The Morgan fingerprint density at radius 1 is 1.18 bits per heavy atom. The fraction of sp³-hybridized carbons (Fsp3) is 0.462. The predicted octanol–water partition coefficient (Wildman–Crippen LogP) is 4.28. The van der Waals surface area contributed by atoms with Gasteiger partial charge in [0.2, 0.25) is 11.9 Å². The first kappa shape index (κ1) is 23.0.